The number of ether oxygens (including phenoxy) is 1. The van der Waals surface area contributed by atoms with Gasteiger partial charge >= 0.3 is 0 Å². The smallest absolute Gasteiger partial charge is 0.239 e. The summed E-state index contributed by atoms with van der Waals surface area (Å²) in [7, 11) is -3.89. The first-order valence-electron chi connectivity index (χ1n) is 6.54. The van der Waals surface area contributed by atoms with Gasteiger partial charge in [-0.25, -0.2) is 18.5 Å². The van der Waals surface area contributed by atoms with Gasteiger partial charge < -0.3 is 4.74 Å². The van der Waals surface area contributed by atoms with Gasteiger partial charge in [0, 0.05) is 5.56 Å². The van der Waals surface area contributed by atoms with E-state index in [1.807, 2.05) is 30.3 Å². The second-order valence-electron chi connectivity index (χ2n) is 4.85. The number of hydrogen-bond acceptors (Lipinski definition) is 4. The van der Waals surface area contributed by atoms with E-state index in [2.05, 4.69) is 4.99 Å². The van der Waals surface area contributed by atoms with Crippen molar-refractivity contribution in [2.45, 2.75) is 11.0 Å². The molecule has 0 aliphatic carbocycles. The van der Waals surface area contributed by atoms with Crippen LogP contribution >= 0.6 is 11.6 Å². The van der Waals surface area contributed by atoms with Crippen LogP contribution < -0.4 is 5.14 Å². The summed E-state index contributed by atoms with van der Waals surface area (Å²) in [5.41, 5.74) is 1.55. The summed E-state index contributed by atoms with van der Waals surface area (Å²) < 4.78 is 28.9. The predicted octanol–water partition coefficient (Wildman–Crippen LogP) is 2.51. The van der Waals surface area contributed by atoms with Crippen molar-refractivity contribution in [3.63, 3.8) is 0 Å². The summed E-state index contributed by atoms with van der Waals surface area (Å²) in [6.45, 7) is 0.479. The fourth-order valence-electron chi connectivity index (χ4n) is 2.23. The third-order valence-corrected chi connectivity index (χ3v) is 4.70. The van der Waals surface area contributed by atoms with Crippen LogP contribution in [0.2, 0.25) is 5.02 Å². The number of rotatable bonds is 3. The molecule has 0 spiro atoms. The second-order valence-corrected chi connectivity index (χ2v) is 6.79. The number of halogens is 1. The lowest BCUT2D eigenvalue weighted by Gasteiger charge is -2.12. The number of hydrogen-bond donors (Lipinski definition) is 1. The lowest BCUT2D eigenvalue weighted by atomic mass is 10.1. The molecular weight excluding hydrogens is 324 g/mol. The zero-order valence-corrected chi connectivity index (χ0v) is 13.0. The summed E-state index contributed by atoms with van der Waals surface area (Å²) in [6, 6.07) is 14.2. The number of benzene rings is 2. The number of nitrogens with two attached hydrogens (primary N) is 1. The van der Waals surface area contributed by atoms with Gasteiger partial charge in [0.05, 0.1) is 11.6 Å². The van der Waals surface area contributed by atoms with E-state index in [-0.39, 0.29) is 16.0 Å². The van der Waals surface area contributed by atoms with E-state index in [9.17, 15) is 8.42 Å². The van der Waals surface area contributed by atoms with Gasteiger partial charge in [-0.05, 0) is 23.8 Å². The third kappa shape index (κ3) is 2.99. The molecule has 2 N–H and O–H groups in total. The second kappa shape index (κ2) is 5.72. The van der Waals surface area contributed by atoms with Crippen molar-refractivity contribution in [2.75, 3.05) is 6.54 Å². The van der Waals surface area contributed by atoms with Crippen molar-refractivity contribution in [3.8, 4) is 0 Å². The first-order valence-corrected chi connectivity index (χ1v) is 8.46. The Kier molecular flexibility index (Phi) is 3.90. The van der Waals surface area contributed by atoms with E-state index in [0.29, 0.717) is 18.0 Å². The normalized spacial score (nSPS) is 17.9. The summed E-state index contributed by atoms with van der Waals surface area (Å²) in [6.07, 6.45) is -0.176. The molecule has 2 aromatic carbocycles. The van der Waals surface area contributed by atoms with Crippen molar-refractivity contribution < 1.29 is 13.2 Å². The minimum Gasteiger partial charge on any atom is -0.467 e. The van der Waals surface area contributed by atoms with Crippen molar-refractivity contribution >= 4 is 27.5 Å². The Balaban J connectivity index is 1.88. The van der Waals surface area contributed by atoms with Gasteiger partial charge in [-0.2, -0.15) is 0 Å². The Labute approximate surface area is 133 Å². The summed E-state index contributed by atoms with van der Waals surface area (Å²) in [5.74, 6) is 0.385. The lowest BCUT2D eigenvalue weighted by molar-refractivity contribution is 0.230. The number of primary sulfonamides is 1. The van der Waals surface area contributed by atoms with Crippen LogP contribution in [0.3, 0.4) is 0 Å². The molecule has 1 aliphatic rings. The van der Waals surface area contributed by atoms with Crippen LogP contribution in [0.25, 0.3) is 0 Å². The third-order valence-electron chi connectivity index (χ3n) is 3.31. The zero-order valence-electron chi connectivity index (χ0n) is 11.4. The Bertz CT molecular complexity index is 835. The fourth-order valence-corrected chi connectivity index (χ4v) is 3.30. The van der Waals surface area contributed by atoms with Crippen molar-refractivity contribution in [2.24, 2.45) is 10.1 Å². The predicted molar refractivity (Wildman–Crippen MR) is 84.5 cm³/mol. The Hall–Kier alpha value is -1.89. The first kappa shape index (κ1) is 15.0. The van der Waals surface area contributed by atoms with Gasteiger partial charge in [-0.3, -0.25) is 0 Å². The highest BCUT2D eigenvalue weighted by molar-refractivity contribution is 7.89. The van der Waals surface area contributed by atoms with Gasteiger partial charge in [0.25, 0.3) is 0 Å². The molecule has 0 fully saturated rings. The van der Waals surface area contributed by atoms with E-state index in [1.54, 1.807) is 6.07 Å². The molecule has 0 amide bonds. The molecule has 2 aromatic rings. The molecule has 5 nitrogen and oxygen atoms in total. The molecule has 1 aliphatic heterocycles. The van der Waals surface area contributed by atoms with E-state index >= 15 is 0 Å². The molecule has 1 heterocycles. The molecule has 0 aromatic heterocycles. The molecule has 0 bridgehead atoms. The molecular formula is C15H13ClN2O3S. The molecule has 1 atom stereocenters. The summed E-state index contributed by atoms with van der Waals surface area (Å²) in [5, 5.41) is 5.22. The highest BCUT2D eigenvalue weighted by Gasteiger charge is 2.24. The van der Waals surface area contributed by atoms with Crippen LogP contribution in [0.5, 0.6) is 0 Å². The largest absolute Gasteiger partial charge is 0.467 e. The average molecular weight is 337 g/mol. The van der Waals surface area contributed by atoms with E-state index < -0.39 is 10.0 Å². The van der Waals surface area contributed by atoms with Gasteiger partial charge in [0.1, 0.15) is 11.0 Å². The minimum atomic E-state index is -3.89. The monoisotopic (exact) mass is 336 g/mol. The topological polar surface area (TPSA) is 81.8 Å². The van der Waals surface area contributed by atoms with Crippen molar-refractivity contribution in [1.29, 1.82) is 0 Å². The molecule has 0 saturated heterocycles. The highest BCUT2D eigenvalue weighted by atomic mass is 35.5. The Morgan fingerprint density at radius 2 is 1.91 bits per heavy atom. The van der Waals surface area contributed by atoms with Gasteiger partial charge in [0.15, 0.2) is 0 Å². The van der Waals surface area contributed by atoms with Crippen LogP contribution in [0.1, 0.15) is 17.2 Å². The number of aliphatic imine (C=N–C) groups is 1. The standard InChI is InChI=1S/C15H13ClN2O3S/c16-12-7-6-11(8-14(12)22(17,19)20)15-18-9-13(21-15)10-4-2-1-3-5-10/h1-8,13H,9H2,(H2,17,19,20). The van der Waals surface area contributed by atoms with Gasteiger partial charge in [-0.1, -0.05) is 41.9 Å². The Morgan fingerprint density at radius 1 is 1.18 bits per heavy atom. The average Bonchev–Trinajstić information content (AvgIpc) is 2.97. The first-order chi connectivity index (χ1) is 10.4. The fraction of sp³-hybridized carbons (Fsp3) is 0.133. The molecule has 0 radical (unpaired) electrons. The maximum absolute atomic E-state index is 11.5. The lowest BCUT2D eigenvalue weighted by Crippen LogP contribution is -2.14. The number of nitrogens with zero attached hydrogens (tertiary/aromatic N) is 1. The molecule has 114 valence electrons. The quantitative estimate of drug-likeness (QED) is 0.934. The van der Waals surface area contributed by atoms with Gasteiger partial charge in [-0.15, -0.1) is 0 Å². The van der Waals surface area contributed by atoms with Crippen molar-refractivity contribution in [3.05, 3.63) is 64.7 Å². The maximum Gasteiger partial charge on any atom is 0.239 e. The maximum atomic E-state index is 11.5. The molecule has 7 heteroatoms. The minimum absolute atomic E-state index is 0.0736. The van der Waals surface area contributed by atoms with Crippen LogP contribution in [-0.4, -0.2) is 20.9 Å². The van der Waals surface area contributed by atoms with Crippen molar-refractivity contribution in [1.82, 2.24) is 0 Å². The van der Waals surface area contributed by atoms with Crippen LogP contribution in [0, 0.1) is 0 Å². The zero-order chi connectivity index (χ0) is 15.7. The van der Waals surface area contributed by atoms with Crippen LogP contribution in [0.4, 0.5) is 0 Å². The molecule has 22 heavy (non-hydrogen) atoms. The van der Waals surface area contributed by atoms with E-state index in [4.69, 9.17) is 21.5 Å². The highest BCUT2D eigenvalue weighted by Crippen LogP contribution is 2.27. The van der Waals surface area contributed by atoms with Crippen LogP contribution in [0.15, 0.2) is 58.4 Å². The SMILES string of the molecule is NS(=O)(=O)c1cc(C2=NCC(c3ccccc3)O2)ccc1Cl. The number of sulfonamides is 1. The van der Waals surface area contributed by atoms with Crippen LogP contribution in [-0.2, 0) is 14.8 Å². The molecule has 1 unspecified atom stereocenters. The molecule has 3 rings (SSSR count). The molecule has 0 saturated carbocycles. The Morgan fingerprint density at radius 3 is 2.59 bits per heavy atom. The van der Waals surface area contributed by atoms with E-state index in [1.165, 1.54) is 12.1 Å². The van der Waals surface area contributed by atoms with E-state index in [0.717, 1.165) is 5.56 Å². The summed E-state index contributed by atoms with van der Waals surface area (Å²) >= 11 is 5.87. The summed E-state index contributed by atoms with van der Waals surface area (Å²) in [4.78, 5) is 4.19. The van der Waals surface area contributed by atoms with Gasteiger partial charge in [0.2, 0.25) is 15.9 Å².